The molecule has 0 spiro atoms. The number of rotatable bonds is 8. The maximum Gasteiger partial charge on any atom is 0.0673 e. The van der Waals surface area contributed by atoms with E-state index in [9.17, 15) is 5.11 Å². The SMILES string of the molecule is CCNC(CC)(CO)CCCN1CCCOC(C)C1. The van der Waals surface area contributed by atoms with E-state index in [-0.39, 0.29) is 12.1 Å². The highest BCUT2D eigenvalue weighted by Crippen LogP contribution is 2.18. The van der Waals surface area contributed by atoms with Crippen LogP contribution < -0.4 is 5.32 Å². The van der Waals surface area contributed by atoms with E-state index in [1.807, 2.05) is 0 Å². The number of aliphatic hydroxyl groups excluding tert-OH is 1. The largest absolute Gasteiger partial charge is 0.394 e. The van der Waals surface area contributed by atoms with Gasteiger partial charge in [-0.25, -0.2) is 0 Å². The average Bonchev–Trinajstić information content (AvgIpc) is 2.62. The van der Waals surface area contributed by atoms with E-state index >= 15 is 0 Å². The van der Waals surface area contributed by atoms with E-state index in [0.717, 1.165) is 58.5 Å². The van der Waals surface area contributed by atoms with Crippen LogP contribution in [0.2, 0.25) is 0 Å². The van der Waals surface area contributed by atoms with Gasteiger partial charge in [0.25, 0.3) is 0 Å². The lowest BCUT2D eigenvalue weighted by Crippen LogP contribution is -2.48. The first-order chi connectivity index (χ1) is 9.15. The Morgan fingerprint density at radius 1 is 1.42 bits per heavy atom. The molecule has 1 aliphatic heterocycles. The lowest BCUT2D eigenvalue weighted by molar-refractivity contribution is 0.0666. The highest BCUT2D eigenvalue weighted by atomic mass is 16.5. The van der Waals surface area contributed by atoms with Gasteiger partial charge in [-0.3, -0.25) is 0 Å². The first kappa shape index (κ1) is 16.9. The minimum Gasteiger partial charge on any atom is -0.394 e. The second kappa shape index (κ2) is 8.90. The van der Waals surface area contributed by atoms with Gasteiger partial charge >= 0.3 is 0 Å². The standard InChI is InChI=1S/C15H32N2O2/c1-4-15(13-18,16-5-2)8-6-9-17-10-7-11-19-14(3)12-17/h14,16,18H,4-13H2,1-3H3. The molecule has 0 radical (unpaired) electrons. The third kappa shape index (κ3) is 5.78. The van der Waals surface area contributed by atoms with Crippen molar-refractivity contribution in [2.24, 2.45) is 0 Å². The molecule has 1 heterocycles. The fourth-order valence-corrected chi connectivity index (χ4v) is 2.94. The van der Waals surface area contributed by atoms with Crippen LogP contribution in [0.15, 0.2) is 0 Å². The first-order valence-electron chi connectivity index (χ1n) is 7.85. The van der Waals surface area contributed by atoms with Crippen LogP contribution in [0.3, 0.4) is 0 Å². The topological polar surface area (TPSA) is 44.7 Å². The molecule has 4 heteroatoms. The summed E-state index contributed by atoms with van der Waals surface area (Å²) in [5, 5.41) is 13.1. The Kier molecular flexibility index (Phi) is 7.91. The normalized spacial score (nSPS) is 24.9. The lowest BCUT2D eigenvalue weighted by Gasteiger charge is -2.33. The molecule has 0 aromatic heterocycles. The molecule has 2 unspecified atom stereocenters. The van der Waals surface area contributed by atoms with Crippen LogP contribution in [0, 0.1) is 0 Å². The van der Waals surface area contributed by atoms with Gasteiger partial charge in [0.05, 0.1) is 12.7 Å². The zero-order chi connectivity index (χ0) is 14.1. The van der Waals surface area contributed by atoms with Crippen LogP contribution in [0.25, 0.3) is 0 Å². The van der Waals surface area contributed by atoms with Crippen LogP contribution in [-0.4, -0.2) is 61.0 Å². The average molecular weight is 272 g/mol. The molecule has 1 saturated heterocycles. The number of aliphatic hydroxyl groups is 1. The van der Waals surface area contributed by atoms with Crippen molar-refractivity contribution in [3.63, 3.8) is 0 Å². The Labute approximate surface area is 118 Å². The molecule has 0 amide bonds. The van der Waals surface area contributed by atoms with Crippen molar-refractivity contribution in [1.82, 2.24) is 10.2 Å². The van der Waals surface area contributed by atoms with Crippen molar-refractivity contribution in [1.29, 1.82) is 0 Å². The molecule has 1 rings (SSSR count). The van der Waals surface area contributed by atoms with Gasteiger partial charge in [-0.2, -0.15) is 0 Å². The lowest BCUT2D eigenvalue weighted by atomic mass is 9.91. The maximum absolute atomic E-state index is 9.64. The van der Waals surface area contributed by atoms with Crippen molar-refractivity contribution in [2.75, 3.05) is 39.4 Å². The fraction of sp³-hybridized carbons (Fsp3) is 1.00. The summed E-state index contributed by atoms with van der Waals surface area (Å²) in [7, 11) is 0. The van der Waals surface area contributed by atoms with E-state index in [4.69, 9.17) is 4.74 Å². The minimum absolute atomic E-state index is 0.0806. The van der Waals surface area contributed by atoms with Crippen LogP contribution in [0.4, 0.5) is 0 Å². The van der Waals surface area contributed by atoms with E-state index in [1.165, 1.54) is 0 Å². The summed E-state index contributed by atoms with van der Waals surface area (Å²) < 4.78 is 5.67. The maximum atomic E-state index is 9.64. The molecule has 1 aliphatic rings. The minimum atomic E-state index is -0.0806. The van der Waals surface area contributed by atoms with Crippen molar-refractivity contribution in [3.05, 3.63) is 0 Å². The molecule has 1 fully saturated rings. The van der Waals surface area contributed by atoms with Crippen molar-refractivity contribution in [3.8, 4) is 0 Å². The first-order valence-corrected chi connectivity index (χ1v) is 7.85. The Morgan fingerprint density at radius 2 is 2.21 bits per heavy atom. The van der Waals surface area contributed by atoms with Crippen molar-refractivity contribution in [2.45, 2.75) is 58.1 Å². The Bertz CT molecular complexity index is 232. The molecule has 2 atom stereocenters. The van der Waals surface area contributed by atoms with Gasteiger partial charge in [0.15, 0.2) is 0 Å². The number of nitrogens with zero attached hydrogens (tertiary/aromatic N) is 1. The highest BCUT2D eigenvalue weighted by molar-refractivity contribution is 4.86. The highest BCUT2D eigenvalue weighted by Gasteiger charge is 2.26. The second-order valence-corrected chi connectivity index (χ2v) is 5.76. The van der Waals surface area contributed by atoms with Crippen LogP contribution in [0.5, 0.6) is 0 Å². The van der Waals surface area contributed by atoms with Crippen LogP contribution in [0.1, 0.15) is 46.5 Å². The molecule has 2 N–H and O–H groups in total. The summed E-state index contributed by atoms with van der Waals surface area (Å²) in [6.45, 7) is 11.8. The predicted molar refractivity (Wildman–Crippen MR) is 79.5 cm³/mol. The van der Waals surface area contributed by atoms with Gasteiger partial charge < -0.3 is 20.1 Å². The summed E-state index contributed by atoms with van der Waals surface area (Å²) in [6.07, 6.45) is 4.64. The number of hydrogen-bond acceptors (Lipinski definition) is 4. The molecule has 4 nitrogen and oxygen atoms in total. The fourth-order valence-electron chi connectivity index (χ4n) is 2.94. The zero-order valence-electron chi connectivity index (χ0n) is 13.0. The van der Waals surface area contributed by atoms with Crippen LogP contribution in [-0.2, 0) is 4.74 Å². The number of nitrogens with one attached hydrogen (secondary N) is 1. The van der Waals surface area contributed by atoms with E-state index < -0.39 is 0 Å². The summed E-state index contributed by atoms with van der Waals surface area (Å²) in [4.78, 5) is 2.50. The monoisotopic (exact) mass is 272 g/mol. The Hall–Kier alpha value is -0.160. The third-order valence-electron chi connectivity index (χ3n) is 4.20. The van der Waals surface area contributed by atoms with Gasteiger partial charge in [0.1, 0.15) is 0 Å². The van der Waals surface area contributed by atoms with Gasteiger partial charge in [-0.15, -0.1) is 0 Å². The zero-order valence-corrected chi connectivity index (χ0v) is 13.0. The number of likely N-dealkylation sites (N-methyl/N-ethyl adjacent to an activating group) is 1. The molecule has 19 heavy (non-hydrogen) atoms. The van der Waals surface area contributed by atoms with Gasteiger partial charge in [-0.05, 0) is 45.7 Å². The molecule has 0 aromatic rings. The number of hydrogen-bond donors (Lipinski definition) is 2. The van der Waals surface area contributed by atoms with E-state index in [0.29, 0.717) is 6.10 Å². The van der Waals surface area contributed by atoms with Crippen molar-refractivity contribution < 1.29 is 9.84 Å². The molecule has 0 saturated carbocycles. The Balaban J connectivity index is 2.34. The molecule has 0 aromatic carbocycles. The second-order valence-electron chi connectivity index (χ2n) is 5.76. The summed E-state index contributed by atoms with van der Waals surface area (Å²) in [6, 6.07) is 0. The molecular weight excluding hydrogens is 240 g/mol. The quantitative estimate of drug-likeness (QED) is 0.705. The number of ether oxygens (including phenoxy) is 1. The summed E-state index contributed by atoms with van der Waals surface area (Å²) in [5.74, 6) is 0. The van der Waals surface area contributed by atoms with Crippen LogP contribution >= 0.6 is 0 Å². The molecular formula is C15H32N2O2. The predicted octanol–water partition coefficient (Wildman–Crippen LogP) is 1.63. The van der Waals surface area contributed by atoms with E-state index in [1.54, 1.807) is 0 Å². The molecule has 0 aliphatic carbocycles. The van der Waals surface area contributed by atoms with Gasteiger partial charge in [-0.1, -0.05) is 13.8 Å². The van der Waals surface area contributed by atoms with E-state index in [2.05, 4.69) is 31.0 Å². The smallest absolute Gasteiger partial charge is 0.0673 e. The van der Waals surface area contributed by atoms with Gasteiger partial charge in [0.2, 0.25) is 0 Å². The summed E-state index contributed by atoms with van der Waals surface area (Å²) >= 11 is 0. The Morgan fingerprint density at radius 3 is 2.84 bits per heavy atom. The molecule has 0 bridgehead atoms. The van der Waals surface area contributed by atoms with Gasteiger partial charge in [0, 0.05) is 25.2 Å². The van der Waals surface area contributed by atoms with Crippen molar-refractivity contribution >= 4 is 0 Å². The third-order valence-corrected chi connectivity index (χ3v) is 4.20. The summed E-state index contributed by atoms with van der Waals surface area (Å²) in [5.41, 5.74) is -0.0806. The molecule has 114 valence electrons.